The first-order valence-electron chi connectivity index (χ1n) is 5.75. The molecule has 5 heteroatoms. The number of hydrogen-bond acceptors (Lipinski definition) is 4. The fourth-order valence-corrected chi connectivity index (χ4v) is 1.98. The summed E-state index contributed by atoms with van der Waals surface area (Å²) in [6, 6.07) is 0.188. The van der Waals surface area contributed by atoms with Gasteiger partial charge in [0.1, 0.15) is 5.82 Å². The van der Waals surface area contributed by atoms with Crippen LogP contribution < -0.4 is 5.32 Å². The second kappa shape index (κ2) is 5.43. The summed E-state index contributed by atoms with van der Waals surface area (Å²) in [5.41, 5.74) is 0. The SMILES string of the molecule is CCNC(CC1OCCO1)c1nccn1C. The molecular weight excluding hydrogens is 206 g/mol. The highest BCUT2D eigenvalue weighted by molar-refractivity contribution is 4.99. The van der Waals surface area contributed by atoms with Crippen LogP contribution in [0.15, 0.2) is 12.4 Å². The van der Waals surface area contributed by atoms with E-state index in [1.54, 1.807) is 0 Å². The monoisotopic (exact) mass is 225 g/mol. The van der Waals surface area contributed by atoms with Crippen molar-refractivity contribution in [2.75, 3.05) is 19.8 Å². The molecule has 1 unspecified atom stereocenters. The quantitative estimate of drug-likeness (QED) is 0.806. The lowest BCUT2D eigenvalue weighted by molar-refractivity contribution is -0.0535. The maximum Gasteiger partial charge on any atom is 0.159 e. The first-order valence-corrected chi connectivity index (χ1v) is 5.75. The summed E-state index contributed by atoms with van der Waals surface area (Å²) in [5, 5.41) is 3.41. The van der Waals surface area contributed by atoms with Crippen molar-refractivity contribution in [1.82, 2.24) is 14.9 Å². The predicted octanol–water partition coefficient (Wildman–Crippen LogP) is 0.834. The molecule has 1 aromatic rings. The summed E-state index contributed by atoms with van der Waals surface area (Å²) < 4.78 is 13.0. The molecule has 0 amide bonds. The van der Waals surface area contributed by atoms with Gasteiger partial charge in [0.05, 0.1) is 19.3 Å². The molecule has 1 fully saturated rings. The number of aromatic nitrogens is 2. The van der Waals surface area contributed by atoms with Crippen LogP contribution in [0.25, 0.3) is 0 Å². The van der Waals surface area contributed by atoms with Crippen LogP contribution in [0.5, 0.6) is 0 Å². The number of aryl methyl sites for hydroxylation is 1. The minimum atomic E-state index is -0.0965. The van der Waals surface area contributed by atoms with Crippen LogP contribution in [0.1, 0.15) is 25.2 Å². The van der Waals surface area contributed by atoms with Gasteiger partial charge in [-0.3, -0.25) is 0 Å². The lowest BCUT2D eigenvalue weighted by Gasteiger charge is -2.20. The van der Waals surface area contributed by atoms with Gasteiger partial charge in [-0.05, 0) is 6.54 Å². The Bertz CT molecular complexity index is 321. The van der Waals surface area contributed by atoms with Gasteiger partial charge in [-0.25, -0.2) is 4.98 Å². The second-order valence-electron chi connectivity index (χ2n) is 3.91. The molecule has 1 saturated heterocycles. The van der Waals surface area contributed by atoms with Crippen molar-refractivity contribution >= 4 is 0 Å². The zero-order chi connectivity index (χ0) is 11.4. The largest absolute Gasteiger partial charge is 0.350 e. The molecule has 0 saturated carbocycles. The van der Waals surface area contributed by atoms with Crippen molar-refractivity contribution in [2.45, 2.75) is 25.7 Å². The topological polar surface area (TPSA) is 48.3 Å². The normalized spacial score (nSPS) is 19.1. The van der Waals surface area contributed by atoms with Crippen molar-refractivity contribution in [3.8, 4) is 0 Å². The average Bonchev–Trinajstić information content (AvgIpc) is 2.88. The molecule has 1 aliphatic rings. The Labute approximate surface area is 95.8 Å². The fourth-order valence-electron chi connectivity index (χ4n) is 1.98. The molecule has 1 aromatic heterocycles. The molecule has 16 heavy (non-hydrogen) atoms. The molecule has 0 spiro atoms. The third-order valence-corrected chi connectivity index (χ3v) is 2.74. The van der Waals surface area contributed by atoms with Crippen molar-refractivity contribution < 1.29 is 9.47 Å². The zero-order valence-corrected chi connectivity index (χ0v) is 9.85. The van der Waals surface area contributed by atoms with Gasteiger partial charge >= 0.3 is 0 Å². The van der Waals surface area contributed by atoms with Gasteiger partial charge < -0.3 is 19.4 Å². The lowest BCUT2D eigenvalue weighted by atomic mass is 10.2. The Balaban J connectivity index is 2.01. The van der Waals surface area contributed by atoms with Crippen LogP contribution in [0.2, 0.25) is 0 Å². The highest BCUT2D eigenvalue weighted by Gasteiger charge is 2.24. The van der Waals surface area contributed by atoms with E-state index in [4.69, 9.17) is 9.47 Å². The predicted molar refractivity (Wildman–Crippen MR) is 59.9 cm³/mol. The molecule has 90 valence electrons. The van der Waals surface area contributed by atoms with E-state index in [9.17, 15) is 0 Å². The van der Waals surface area contributed by atoms with Gasteiger partial charge in [-0.1, -0.05) is 6.92 Å². The molecule has 2 heterocycles. The first-order chi connectivity index (χ1) is 7.81. The summed E-state index contributed by atoms with van der Waals surface area (Å²) in [6.07, 6.45) is 4.48. The number of rotatable bonds is 5. The summed E-state index contributed by atoms with van der Waals surface area (Å²) in [6.45, 7) is 4.39. The van der Waals surface area contributed by atoms with E-state index in [1.165, 1.54) is 0 Å². The molecule has 0 aliphatic carbocycles. The van der Waals surface area contributed by atoms with Crippen molar-refractivity contribution in [2.24, 2.45) is 7.05 Å². The van der Waals surface area contributed by atoms with E-state index in [0.29, 0.717) is 13.2 Å². The second-order valence-corrected chi connectivity index (χ2v) is 3.91. The molecular formula is C11H19N3O2. The van der Waals surface area contributed by atoms with Gasteiger partial charge in [0, 0.05) is 25.9 Å². The van der Waals surface area contributed by atoms with E-state index in [0.717, 1.165) is 18.8 Å². The number of ether oxygens (including phenoxy) is 2. The van der Waals surface area contributed by atoms with Crippen LogP contribution in [0, 0.1) is 0 Å². The first kappa shape index (κ1) is 11.6. The average molecular weight is 225 g/mol. The van der Waals surface area contributed by atoms with E-state index in [1.807, 2.05) is 24.0 Å². The smallest absolute Gasteiger partial charge is 0.159 e. The van der Waals surface area contributed by atoms with Crippen LogP contribution in [-0.2, 0) is 16.5 Å². The molecule has 1 aliphatic heterocycles. The molecule has 0 aromatic carbocycles. The van der Waals surface area contributed by atoms with Gasteiger partial charge in [-0.2, -0.15) is 0 Å². The Hall–Kier alpha value is -0.910. The Morgan fingerprint density at radius 1 is 1.56 bits per heavy atom. The number of imidazole rings is 1. The number of nitrogens with one attached hydrogen (secondary N) is 1. The lowest BCUT2D eigenvalue weighted by Crippen LogP contribution is -2.28. The fraction of sp³-hybridized carbons (Fsp3) is 0.727. The van der Waals surface area contributed by atoms with Crippen molar-refractivity contribution in [3.05, 3.63) is 18.2 Å². The highest BCUT2D eigenvalue weighted by Crippen LogP contribution is 2.20. The van der Waals surface area contributed by atoms with E-state index < -0.39 is 0 Å². The van der Waals surface area contributed by atoms with Crippen LogP contribution in [-0.4, -0.2) is 35.6 Å². The summed E-state index contributed by atoms with van der Waals surface area (Å²) >= 11 is 0. The minimum absolute atomic E-state index is 0.0965. The Morgan fingerprint density at radius 2 is 2.31 bits per heavy atom. The van der Waals surface area contributed by atoms with E-state index >= 15 is 0 Å². The summed E-state index contributed by atoms with van der Waals surface area (Å²) in [4.78, 5) is 4.37. The molecule has 1 N–H and O–H groups in total. The maximum absolute atomic E-state index is 5.47. The number of nitrogens with zero attached hydrogens (tertiary/aromatic N) is 2. The molecule has 0 bridgehead atoms. The third kappa shape index (κ3) is 2.61. The molecule has 0 radical (unpaired) electrons. The third-order valence-electron chi connectivity index (χ3n) is 2.74. The minimum Gasteiger partial charge on any atom is -0.350 e. The van der Waals surface area contributed by atoms with E-state index in [2.05, 4.69) is 17.2 Å². The van der Waals surface area contributed by atoms with Gasteiger partial charge in [0.15, 0.2) is 6.29 Å². The molecule has 1 atom stereocenters. The Kier molecular flexibility index (Phi) is 3.93. The number of hydrogen-bond donors (Lipinski definition) is 1. The standard InChI is InChI=1S/C11H19N3O2/c1-3-12-9(8-10-15-6-7-16-10)11-13-4-5-14(11)2/h4-5,9-10,12H,3,6-8H2,1-2H3. The maximum atomic E-state index is 5.47. The van der Waals surface area contributed by atoms with Gasteiger partial charge in [-0.15, -0.1) is 0 Å². The van der Waals surface area contributed by atoms with Crippen LogP contribution in [0.4, 0.5) is 0 Å². The summed E-state index contributed by atoms with van der Waals surface area (Å²) in [5.74, 6) is 1.03. The highest BCUT2D eigenvalue weighted by atomic mass is 16.7. The van der Waals surface area contributed by atoms with Gasteiger partial charge in [0.25, 0.3) is 0 Å². The summed E-state index contributed by atoms with van der Waals surface area (Å²) in [7, 11) is 2.00. The van der Waals surface area contributed by atoms with Crippen LogP contribution >= 0.6 is 0 Å². The zero-order valence-electron chi connectivity index (χ0n) is 9.85. The van der Waals surface area contributed by atoms with Gasteiger partial charge in [0.2, 0.25) is 0 Å². The van der Waals surface area contributed by atoms with Crippen LogP contribution in [0.3, 0.4) is 0 Å². The van der Waals surface area contributed by atoms with Crippen molar-refractivity contribution in [1.29, 1.82) is 0 Å². The van der Waals surface area contributed by atoms with Crippen molar-refractivity contribution in [3.63, 3.8) is 0 Å². The molecule has 5 nitrogen and oxygen atoms in total. The molecule has 2 rings (SSSR count). The van der Waals surface area contributed by atoms with E-state index in [-0.39, 0.29) is 12.3 Å². The Morgan fingerprint density at radius 3 is 2.88 bits per heavy atom.